The van der Waals surface area contributed by atoms with Gasteiger partial charge >= 0.3 is 5.97 Å². The molecule has 1 N–H and O–H groups in total. The monoisotopic (exact) mass is 257 g/mol. The lowest BCUT2D eigenvalue weighted by Crippen LogP contribution is -2.27. The summed E-state index contributed by atoms with van der Waals surface area (Å²) in [6, 6.07) is 0. The Bertz CT molecular complexity index is 317. The van der Waals surface area contributed by atoms with E-state index in [1.165, 1.54) is 30.6 Å². The third-order valence-corrected chi connectivity index (χ3v) is 3.25. The zero-order valence-corrected chi connectivity index (χ0v) is 10.9. The molecule has 0 fully saturated rings. The third kappa shape index (κ3) is 5.63. The molecule has 17 heavy (non-hydrogen) atoms. The minimum atomic E-state index is -0.770. The Kier molecular flexibility index (Phi) is 6.54. The van der Waals surface area contributed by atoms with Gasteiger partial charge < -0.3 is 10.0 Å². The van der Waals surface area contributed by atoms with Gasteiger partial charge in [-0.2, -0.15) is 0 Å². The van der Waals surface area contributed by atoms with Crippen molar-refractivity contribution in [3.8, 4) is 0 Å². The summed E-state index contributed by atoms with van der Waals surface area (Å²) in [5.74, 6) is -0.770. The SMILES string of the molecule is CCCCCCN(CCC(=O)O)c1nncs1. The average molecular weight is 257 g/mol. The number of carbonyl (C=O) groups is 1. The summed E-state index contributed by atoms with van der Waals surface area (Å²) >= 11 is 1.46. The molecule has 6 heteroatoms. The number of carboxylic acids is 1. The van der Waals surface area contributed by atoms with Gasteiger partial charge in [-0.1, -0.05) is 37.5 Å². The van der Waals surface area contributed by atoms with Gasteiger partial charge in [-0.25, -0.2) is 0 Å². The maximum Gasteiger partial charge on any atom is 0.305 e. The van der Waals surface area contributed by atoms with Crippen molar-refractivity contribution >= 4 is 22.4 Å². The van der Waals surface area contributed by atoms with E-state index in [1.807, 2.05) is 4.90 Å². The fraction of sp³-hybridized carbons (Fsp3) is 0.727. The standard InChI is InChI=1S/C11H19N3O2S/c1-2-3-4-5-7-14(8-6-10(15)16)11-13-12-9-17-11/h9H,2-8H2,1H3,(H,15,16). The van der Waals surface area contributed by atoms with Crippen molar-refractivity contribution in [1.29, 1.82) is 0 Å². The molecular formula is C11H19N3O2S. The largest absolute Gasteiger partial charge is 0.481 e. The van der Waals surface area contributed by atoms with Gasteiger partial charge in [-0.3, -0.25) is 4.79 Å². The number of carboxylic acid groups (broad SMARTS) is 1. The molecule has 0 amide bonds. The Morgan fingerprint density at radius 2 is 2.24 bits per heavy atom. The molecule has 0 aromatic carbocycles. The van der Waals surface area contributed by atoms with Gasteiger partial charge in [-0.05, 0) is 6.42 Å². The first-order valence-electron chi connectivity index (χ1n) is 5.97. The molecule has 0 aliphatic rings. The molecule has 1 aromatic heterocycles. The highest BCUT2D eigenvalue weighted by atomic mass is 32.1. The molecule has 0 unspecified atom stereocenters. The van der Waals surface area contributed by atoms with Gasteiger partial charge in [0.2, 0.25) is 5.13 Å². The highest BCUT2D eigenvalue weighted by Gasteiger charge is 2.11. The van der Waals surface area contributed by atoms with Gasteiger partial charge in [-0.15, -0.1) is 10.2 Å². The average Bonchev–Trinajstić information content (AvgIpc) is 2.81. The fourth-order valence-corrected chi connectivity index (χ4v) is 2.18. The number of rotatable bonds is 9. The predicted molar refractivity (Wildman–Crippen MR) is 68.5 cm³/mol. The van der Waals surface area contributed by atoms with E-state index in [4.69, 9.17) is 5.11 Å². The first-order chi connectivity index (χ1) is 8.24. The van der Waals surface area contributed by atoms with Gasteiger partial charge in [0, 0.05) is 13.1 Å². The van der Waals surface area contributed by atoms with Crippen LogP contribution < -0.4 is 4.90 Å². The Morgan fingerprint density at radius 1 is 1.41 bits per heavy atom. The van der Waals surface area contributed by atoms with Gasteiger partial charge in [0.1, 0.15) is 5.51 Å². The maximum absolute atomic E-state index is 10.6. The number of hydrogen-bond donors (Lipinski definition) is 1. The van der Waals surface area contributed by atoms with Crippen LogP contribution in [0.5, 0.6) is 0 Å². The minimum Gasteiger partial charge on any atom is -0.481 e. The molecule has 96 valence electrons. The van der Waals surface area contributed by atoms with Crippen LogP contribution in [-0.4, -0.2) is 34.4 Å². The van der Waals surface area contributed by atoms with Crippen molar-refractivity contribution in [1.82, 2.24) is 10.2 Å². The molecule has 0 aliphatic carbocycles. The van der Waals surface area contributed by atoms with Crippen molar-refractivity contribution in [2.24, 2.45) is 0 Å². The molecule has 0 saturated carbocycles. The summed E-state index contributed by atoms with van der Waals surface area (Å²) in [4.78, 5) is 12.6. The lowest BCUT2D eigenvalue weighted by Gasteiger charge is -2.20. The summed E-state index contributed by atoms with van der Waals surface area (Å²) in [5, 5.41) is 17.3. The molecule has 0 aliphatic heterocycles. The van der Waals surface area contributed by atoms with E-state index in [2.05, 4.69) is 17.1 Å². The van der Waals surface area contributed by atoms with Crippen molar-refractivity contribution < 1.29 is 9.90 Å². The van der Waals surface area contributed by atoms with Crippen LogP contribution in [0.15, 0.2) is 5.51 Å². The second-order valence-corrected chi connectivity index (χ2v) is 4.72. The molecular weight excluding hydrogens is 238 g/mol. The normalized spacial score (nSPS) is 10.4. The highest BCUT2D eigenvalue weighted by molar-refractivity contribution is 7.13. The zero-order valence-electron chi connectivity index (χ0n) is 10.1. The molecule has 1 aromatic rings. The van der Waals surface area contributed by atoms with Crippen LogP contribution in [0.2, 0.25) is 0 Å². The minimum absolute atomic E-state index is 0.146. The van der Waals surface area contributed by atoms with Gasteiger partial charge in [0.05, 0.1) is 6.42 Å². The van der Waals surface area contributed by atoms with Crippen LogP contribution in [0.4, 0.5) is 5.13 Å². The molecule has 5 nitrogen and oxygen atoms in total. The van der Waals surface area contributed by atoms with E-state index in [0.29, 0.717) is 6.54 Å². The Hall–Kier alpha value is -1.17. The van der Waals surface area contributed by atoms with E-state index in [-0.39, 0.29) is 6.42 Å². The van der Waals surface area contributed by atoms with Gasteiger partial charge in [0.25, 0.3) is 0 Å². The van der Waals surface area contributed by atoms with Crippen LogP contribution in [0.25, 0.3) is 0 Å². The number of aromatic nitrogens is 2. The zero-order chi connectivity index (χ0) is 12.5. The summed E-state index contributed by atoms with van der Waals surface area (Å²) < 4.78 is 0. The number of anilines is 1. The van der Waals surface area contributed by atoms with E-state index in [1.54, 1.807) is 5.51 Å². The second-order valence-electron chi connectivity index (χ2n) is 3.91. The molecule has 0 bridgehead atoms. The summed E-state index contributed by atoms with van der Waals surface area (Å²) in [5.41, 5.74) is 1.68. The number of nitrogens with zero attached hydrogens (tertiary/aromatic N) is 3. The molecule has 1 heterocycles. The Balaban J connectivity index is 2.39. The summed E-state index contributed by atoms with van der Waals surface area (Å²) in [6.45, 7) is 3.55. The number of hydrogen-bond acceptors (Lipinski definition) is 5. The third-order valence-electron chi connectivity index (χ3n) is 2.50. The molecule has 0 atom stereocenters. The molecule has 0 radical (unpaired) electrons. The number of unbranched alkanes of at least 4 members (excludes halogenated alkanes) is 3. The topological polar surface area (TPSA) is 66.3 Å². The van der Waals surface area contributed by atoms with Gasteiger partial charge in [0.15, 0.2) is 0 Å². The van der Waals surface area contributed by atoms with Crippen LogP contribution in [0.1, 0.15) is 39.0 Å². The maximum atomic E-state index is 10.6. The lowest BCUT2D eigenvalue weighted by atomic mass is 10.2. The number of aliphatic carboxylic acids is 1. The van der Waals surface area contributed by atoms with Crippen molar-refractivity contribution in [2.45, 2.75) is 39.0 Å². The molecule has 0 saturated heterocycles. The van der Waals surface area contributed by atoms with Crippen LogP contribution in [-0.2, 0) is 4.79 Å². The Morgan fingerprint density at radius 3 is 2.82 bits per heavy atom. The van der Waals surface area contributed by atoms with E-state index in [0.717, 1.165) is 18.1 Å². The van der Waals surface area contributed by atoms with E-state index in [9.17, 15) is 4.79 Å². The summed E-state index contributed by atoms with van der Waals surface area (Å²) in [7, 11) is 0. The lowest BCUT2D eigenvalue weighted by molar-refractivity contribution is -0.136. The van der Waals surface area contributed by atoms with Crippen molar-refractivity contribution in [3.63, 3.8) is 0 Å². The van der Waals surface area contributed by atoms with Crippen molar-refractivity contribution in [3.05, 3.63) is 5.51 Å². The molecule has 1 rings (SSSR count). The highest BCUT2D eigenvalue weighted by Crippen LogP contribution is 2.17. The second kappa shape index (κ2) is 8.00. The van der Waals surface area contributed by atoms with E-state index < -0.39 is 5.97 Å². The summed E-state index contributed by atoms with van der Waals surface area (Å²) in [6.07, 6.45) is 4.83. The Labute approximate surface area is 105 Å². The molecule has 0 spiro atoms. The van der Waals surface area contributed by atoms with E-state index >= 15 is 0 Å². The van der Waals surface area contributed by atoms with Crippen LogP contribution >= 0.6 is 11.3 Å². The first kappa shape index (κ1) is 13.9. The smallest absolute Gasteiger partial charge is 0.305 e. The van der Waals surface area contributed by atoms with Crippen LogP contribution in [0, 0.1) is 0 Å². The first-order valence-corrected chi connectivity index (χ1v) is 6.85. The quantitative estimate of drug-likeness (QED) is 0.688. The predicted octanol–water partition coefficient (Wildman–Crippen LogP) is 2.40. The fourth-order valence-electron chi connectivity index (χ4n) is 1.57. The van der Waals surface area contributed by atoms with Crippen LogP contribution in [0.3, 0.4) is 0 Å². The van der Waals surface area contributed by atoms with Crippen molar-refractivity contribution in [2.75, 3.05) is 18.0 Å².